The molecule has 74 valence electrons. The Morgan fingerprint density at radius 1 is 1.54 bits per heavy atom. The number of rotatable bonds is 5. The highest BCUT2D eigenvalue weighted by Crippen LogP contribution is 2.07. The third-order valence-corrected chi connectivity index (χ3v) is 1.61. The molecule has 0 saturated carbocycles. The lowest BCUT2D eigenvalue weighted by Gasteiger charge is -2.01. The van der Waals surface area contributed by atoms with Crippen LogP contribution in [-0.2, 0) is 4.79 Å². The Morgan fingerprint density at radius 3 is 2.54 bits per heavy atom. The van der Waals surface area contributed by atoms with Gasteiger partial charge >= 0.3 is 0 Å². The van der Waals surface area contributed by atoms with Crippen molar-refractivity contribution in [2.75, 3.05) is 7.05 Å². The number of primary amides is 1. The van der Waals surface area contributed by atoms with E-state index >= 15 is 0 Å². The molecule has 0 heterocycles. The molecule has 0 aliphatic heterocycles. The average molecular weight is 182 g/mol. The first-order valence-corrected chi connectivity index (χ1v) is 4.46. The minimum atomic E-state index is -0.328. The van der Waals surface area contributed by atoms with Gasteiger partial charge in [-0.05, 0) is 31.2 Å². The maximum Gasteiger partial charge on any atom is 0.244 e. The van der Waals surface area contributed by atoms with Crippen LogP contribution in [0.25, 0.3) is 0 Å². The molecule has 0 aromatic rings. The molecule has 0 rings (SSSR count). The van der Waals surface area contributed by atoms with Crippen molar-refractivity contribution in [3.8, 4) is 0 Å². The topological polar surface area (TPSA) is 55.1 Å². The summed E-state index contributed by atoms with van der Waals surface area (Å²) in [6, 6.07) is 0. The number of hydrogen-bond acceptors (Lipinski definition) is 2. The van der Waals surface area contributed by atoms with Crippen molar-refractivity contribution in [2.24, 2.45) is 5.73 Å². The number of hydrogen-bond donors (Lipinski definition) is 2. The maximum absolute atomic E-state index is 10.9. The zero-order chi connectivity index (χ0) is 10.3. The molecule has 0 atom stereocenters. The molecule has 0 bridgehead atoms. The van der Waals surface area contributed by atoms with Gasteiger partial charge in [-0.15, -0.1) is 0 Å². The molecule has 0 aliphatic carbocycles. The number of amides is 1. The van der Waals surface area contributed by atoms with Crippen molar-refractivity contribution in [1.29, 1.82) is 0 Å². The normalized spacial score (nSPS) is 12.8. The van der Waals surface area contributed by atoms with E-state index in [-0.39, 0.29) is 5.91 Å². The summed E-state index contributed by atoms with van der Waals surface area (Å²) in [6.45, 7) is 3.95. The summed E-state index contributed by atoms with van der Waals surface area (Å²) in [7, 11) is 1.82. The Balaban J connectivity index is 4.52. The monoisotopic (exact) mass is 182 g/mol. The molecule has 3 nitrogen and oxygen atoms in total. The van der Waals surface area contributed by atoms with Crippen LogP contribution in [0.3, 0.4) is 0 Å². The van der Waals surface area contributed by atoms with Gasteiger partial charge in [0, 0.05) is 12.6 Å². The Kier molecular flexibility index (Phi) is 5.68. The Hall–Kier alpha value is -1.25. The molecule has 0 spiro atoms. The van der Waals surface area contributed by atoms with Crippen molar-refractivity contribution in [3.05, 3.63) is 23.4 Å². The third kappa shape index (κ3) is 5.06. The van der Waals surface area contributed by atoms with E-state index in [4.69, 9.17) is 5.73 Å². The average Bonchev–Trinajstić information content (AvgIpc) is 2.04. The zero-order valence-corrected chi connectivity index (χ0v) is 8.55. The second kappa shape index (κ2) is 6.29. The van der Waals surface area contributed by atoms with Gasteiger partial charge in [0.25, 0.3) is 0 Å². The summed E-state index contributed by atoms with van der Waals surface area (Å²) in [5.74, 6) is -0.328. The van der Waals surface area contributed by atoms with Crippen LogP contribution in [0.15, 0.2) is 23.4 Å². The first-order chi connectivity index (χ1) is 6.11. The van der Waals surface area contributed by atoms with Crippen LogP contribution in [0.4, 0.5) is 0 Å². The highest BCUT2D eigenvalue weighted by atomic mass is 16.1. The van der Waals surface area contributed by atoms with Gasteiger partial charge in [0.05, 0.1) is 0 Å². The smallest absolute Gasteiger partial charge is 0.244 e. The lowest BCUT2D eigenvalue weighted by molar-refractivity contribution is -0.114. The summed E-state index contributed by atoms with van der Waals surface area (Å²) >= 11 is 0. The Morgan fingerprint density at radius 2 is 2.15 bits per heavy atom. The largest absolute Gasteiger partial charge is 0.394 e. The molecule has 0 fully saturated rings. The fourth-order valence-corrected chi connectivity index (χ4v) is 1.08. The van der Waals surface area contributed by atoms with Crippen molar-refractivity contribution in [2.45, 2.75) is 26.7 Å². The zero-order valence-electron chi connectivity index (χ0n) is 8.55. The quantitative estimate of drug-likeness (QED) is 0.497. The number of nitrogens with one attached hydrogen (secondary N) is 1. The van der Waals surface area contributed by atoms with Gasteiger partial charge in [0.1, 0.15) is 0 Å². The fraction of sp³-hybridized carbons (Fsp3) is 0.500. The van der Waals surface area contributed by atoms with E-state index in [0.717, 1.165) is 18.4 Å². The van der Waals surface area contributed by atoms with E-state index in [1.165, 1.54) is 0 Å². The molecular formula is C10H18N2O. The van der Waals surface area contributed by atoms with Gasteiger partial charge in [0.15, 0.2) is 0 Å². The van der Waals surface area contributed by atoms with Crippen molar-refractivity contribution in [1.82, 2.24) is 5.32 Å². The van der Waals surface area contributed by atoms with Crippen LogP contribution < -0.4 is 11.1 Å². The first-order valence-electron chi connectivity index (χ1n) is 4.46. The van der Waals surface area contributed by atoms with Gasteiger partial charge in [-0.1, -0.05) is 13.3 Å². The minimum Gasteiger partial charge on any atom is -0.394 e. The highest BCUT2D eigenvalue weighted by molar-refractivity contribution is 5.92. The summed E-state index contributed by atoms with van der Waals surface area (Å²) in [5, 5.41) is 2.90. The third-order valence-electron chi connectivity index (χ3n) is 1.61. The first kappa shape index (κ1) is 11.8. The lowest BCUT2D eigenvalue weighted by Crippen LogP contribution is -2.14. The Labute approximate surface area is 79.7 Å². The van der Waals surface area contributed by atoms with Gasteiger partial charge in [-0.25, -0.2) is 0 Å². The van der Waals surface area contributed by atoms with Crippen LogP contribution in [0.2, 0.25) is 0 Å². The standard InChI is InChI=1S/C10H18N2O/c1-4-5-9(10(11)13)6-8(2)7-12-3/h6-7,12H,4-5H2,1-3H3,(H2,11,13)/b8-7-,9-6+. The lowest BCUT2D eigenvalue weighted by atomic mass is 10.1. The van der Waals surface area contributed by atoms with Gasteiger partial charge in [-0.2, -0.15) is 0 Å². The molecule has 0 radical (unpaired) electrons. The van der Waals surface area contributed by atoms with Crippen LogP contribution in [-0.4, -0.2) is 13.0 Å². The van der Waals surface area contributed by atoms with E-state index in [1.807, 2.05) is 33.2 Å². The summed E-state index contributed by atoms with van der Waals surface area (Å²) in [5.41, 5.74) is 6.90. The molecule has 0 unspecified atom stereocenters. The molecule has 3 heteroatoms. The van der Waals surface area contributed by atoms with Crippen LogP contribution in [0.5, 0.6) is 0 Å². The Bertz CT molecular complexity index is 229. The second-order valence-electron chi connectivity index (χ2n) is 2.96. The molecule has 1 amide bonds. The molecule has 0 aliphatic rings. The summed E-state index contributed by atoms with van der Waals surface area (Å²) in [4.78, 5) is 10.9. The van der Waals surface area contributed by atoms with E-state index in [2.05, 4.69) is 5.32 Å². The van der Waals surface area contributed by atoms with Crippen LogP contribution in [0, 0.1) is 0 Å². The van der Waals surface area contributed by atoms with E-state index in [1.54, 1.807) is 0 Å². The number of carbonyl (C=O) groups excluding carboxylic acids is 1. The van der Waals surface area contributed by atoms with Crippen LogP contribution >= 0.6 is 0 Å². The number of allylic oxidation sites excluding steroid dienone is 2. The SMILES string of the molecule is CCC/C(=C\C(C)=C/NC)C(N)=O. The van der Waals surface area contributed by atoms with Crippen molar-refractivity contribution < 1.29 is 4.79 Å². The van der Waals surface area contributed by atoms with E-state index in [0.29, 0.717) is 5.57 Å². The predicted molar refractivity (Wildman–Crippen MR) is 55.0 cm³/mol. The molecule has 3 N–H and O–H groups in total. The fourth-order valence-electron chi connectivity index (χ4n) is 1.08. The molecule has 0 aromatic carbocycles. The summed E-state index contributed by atoms with van der Waals surface area (Å²) < 4.78 is 0. The minimum absolute atomic E-state index is 0.328. The molecule has 13 heavy (non-hydrogen) atoms. The highest BCUT2D eigenvalue weighted by Gasteiger charge is 2.02. The number of carbonyl (C=O) groups is 1. The van der Waals surface area contributed by atoms with Crippen molar-refractivity contribution in [3.63, 3.8) is 0 Å². The molecule has 0 aromatic heterocycles. The predicted octanol–water partition coefficient (Wildman–Crippen LogP) is 1.32. The summed E-state index contributed by atoms with van der Waals surface area (Å²) in [6.07, 6.45) is 5.33. The molecular weight excluding hydrogens is 164 g/mol. The van der Waals surface area contributed by atoms with Gasteiger partial charge < -0.3 is 11.1 Å². The number of nitrogens with two attached hydrogens (primary N) is 1. The van der Waals surface area contributed by atoms with Crippen molar-refractivity contribution >= 4 is 5.91 Å². The van der Waals surface area contributed by atoms with E-state index < -0.39 is 0 Å². The second-order valence-corrected chi connectivity index (χ2v) is 2.96. The van der Waals surface area contributed by atoms with Gasteiger partial charge in [0.2, 0.25) is 5.91 Å². The van der Waals surface area contributed by atoms with Gasteiger partial charge in [-0.3, -0.25) is 4.79 Å². The molecule has 0 saturated heterocycles. The van der Waals surface area contributed by atoms with Crippen LogP contribution in [0.1, 0.15) is 26.7 Å². The maximum atomic E-state index is 10.9. The van der Waals surface area contributed by atoms with E-state index in [9.17, 15) is 4.79 Å².